The Labute approximate surface area is 126 Å². The predicted molar refractivity (Wildman–Crippen MR) is 82.5 cm³/mol. The summed E-state index contributed by atoms with van der Waals surface area (Å²) < 4.78 is 26.5. The van der Waals surface area contributed by atoms with Gasteiger partial charge in [-0.25, -0.2) is 13.1 Å². The van der Waals surface area contributed by atoms with E-state index in [-0.39, 0.29) is 24.1 Å². The summed E-state index contributed by atoms with van der Waals surface area (Å²) >= 11 is 0. The first-order valence-electron chi connectivity index (χ1n) is 6.85. The van der Waals surface area contributed by atoms with E-state index in [1.54, 1.807) is 24.3 Å². The summed E-state index contributed by atoms with van der Waals surface area (Å²) in [6.45, 7) is 6.09. The van der Waals surface area contributed by atoms with Crippen molar-refractivity contribution in [3.63, 3.8) is 0 Å². The molecule has 0 spiro atoms. The van der Waals surface area contributed by atoms with E-state index in [4.69, 9.17) is 5.11 Å². The molecular weight excluding hydrogens is 290 g/mol. The number of carboxylic acid groups (broad SMARTS) is 1. The van der Waals surface area contributed by atoms with Gasteiger partial charge in [0.25, 0.3) is 0 Å². The maximum absolute atomic E-state index is 12.0. The van der Waals surface area contributed by atoms with Crippen molar-refractivity contribution in [1.29, 1.82) is 0 Å². The monoisotopic (exact) mass is 313 g/mol. The van der Waals surface area contributed by atoms with Gasteiger partial charge in [0.1, 0.15) is 0 Å². The number of rotatable bonds is 7. The second kappa shape index (κ2) is 7.04. The highest BCUT2D eigenvalue weighted by Gasteiger charge is 2.17. The Kier molecular flexibility index (Phi) is 5.92. The van der Waals surface area contributed by atoms with Gasteiger partial charge in [-0.2, -0.15) is 0 Å². The fourth-order valence-electron chi connectivity index (χ4n) is 1.77. The van der Waals surface area contributed by atoms with E-state index in [0.717, 1.165) is 0 Å². The van der Waals surface area contributed by atoms with Gasteiger partial charge < -0.3 is 5.11 Å². The van der Waals surface area contributed by atoms with Crippen LogP contribution >= 0.6 is 0 Å². The highest BCUT2D eigenvalue weighted by atomic mass is 32.2. The van der Waals surface area contributed by atoms with Crippen molar-refractivity contribution in [2.45, 2.75) is 40.2 Å². The van der Waals surface area contributed by atoms with Crippen LogP contribution in [-0.4, -0.2) is 25.2 Å². The zero-order valence-electron chi connectivity index (χ0n) is 12.7. The van der Waals surface area contributed by atoms with Crippen LogP contribution in [0.3, 0.4) is 0 Å². The normalized spacial score (nSPS) is 12.3. The molecule has 2 N–H and O–H groups in total. The third-order valence-electron chi connectivity index (χ3n) is 3.06. The first-order valence-corrected chi connectivity index (χ1v) is 8.50. The molecule has 1 aromatic carbocycles. The van der Waals surface area contributed by atoms with Crippen molar-refractivity contribution < 1.29 is 18.3 Å². The number of hydrogen-bond acceptors (Lipinski definition) is 3. The van der Waals surface area contributed by atoms with Crippen molar-refractivity contribution in [3.05, 3.63) is 35.4 Å². The highest BCUT2D eigenvalue weighted by molar-refractivity contribution is 7.89. The smallest absolute Gasteiger partial charge is 0.307 e. The maximum atomic E-state index is 12.0. The molecule has 118 valence electrons. The van der Waals surface area contributed by atoms with Crippen LogP contribution in [0.5, 0.6) is 0 Å². The lowest BCUT2D eigenvalue weighted by Crippen LogP contribution is -2.28. The Morgan fingerprint density at radius 2 is 1.76 bits per heavy atom. The van der Waals surface area contributed by atoms with Crippen LogP contribution in [0.15, 0.2) is 24.3 Å². The standard InChI is InChI=1S/C15H23NO4S/c1-15(2,3)8-9-21(19,20)16-11-13-7-5-4-6-12(13)10-14(17)18/h4-7,16H,8-11H2,1-3H3,(H,17,18). The molecule has 0 saturated heterocycles. The third kappa shape index (κ3) is 7.24. The lowest BCUT2D eigenvalue weighted by atomic mass is 9.94. The van der Waals surface area contributed by atoms with E-state index in [2.05, 4.69) is 4.72 Å². The predicted octanol–water partition coefficient (Wildman–Crippen LogP) is 2.17. The largest absolute Gasteiger partial charge is 0.481 e. The van der Waals surface area contributed by atoms with E-state index < -0.39 is 16.0 Å². The van der Waals surface area contributed by atoms with Gasteiger partial charge in [-0.1, -0.05) is 45.0 Å². The molecule has 0 unspecified atom stereocenters. The van der Waals surface area contributed by atoms with Gasteiger partial charge in [0.05, 0.1) is 12.2 Å². The lowest BCUT2D eigenvalue weighted by molar-refractivity contribution is -0.136. The van der Waals surface area contributed by atoms with Crippen LogP contribution in [0.4, 0.5) is 0 Å². The molecule has 0 bridgehead atoms. The number of aliphatic carboxylic acids is 1. The molecule has 0 aliphatic rings. The van der Waals surface area contributed by atoms with Crippen LogP contribution < -0.4 is 4.72 Å². The van der Waals surface area contributed by atoms with E-state index in [0.29, 0.717) is 17.5 Å². The first kappa shape index (κ1) is 17.7. The molecular formula is C15H23NO4S. The highest BCUT2D eigenvalue weighted by Crippen LogP contribution is 2.19. The number of sulfonamides is 1. The maximum Gasteiger partial charge on any atom is 0.307 e. The molecule has 0 atom stereocenters. The second-order valence-corrected chi connectivity index (χ2v) is 8.22. The number of carbonyl (C=O) groups is 1. The van der Waals surface area contributed by atoms with Crippen LogP contribution in [0.2, 0.25) is 0 Å². The summed E-state index contributed by atoms with van der Waals surface area (Å²) in [4.78, 5) is 10.8. The molecule has 0 heterocycles. The molecule has 0 aliphatic carbocycles. The Bertz CT molecular complexity index is 588. The minimum atomic E-state index is -3.36. The average Bonchev–Trinajstić information content (AvgIpc) is 2.34. The summed E-state index contributed by atoms with van der Waals surface area (Å²) in [5, 5.41) is 8.85. The van der Waals surface area contributed by atoms with E-state index in [1.165, 1.54) is 0 Å². The van der Waals surface area contributed by atoms with Gasteiger partial charge in [0.2, 0.25) is 10.0 Å². The molecule has 0 aliphatic heterocycles. The number of nitrogens with one attached hydrogen (secondary N) is 1. The van der Waals surface area contributed by atoms with Crippen LogP contribution in [-0.2, 0) is 27.8 Å². The number of benzene rings is 1. The first-order chi connectivity index (χ1) is 9.59. The van der Waals surface area contributed by atoms with E-state index >= 15 is 0 Å². The Balaban J connectivity index is 2.68. The number of carboxylic acids is 1. The SMILES string of the molecule is CC(C)(C)CCS(=O)(=O)NCc1ccccc1CC(=O)O. The van der Waals surface area contributed by atoms with Gasteiger partial charge >= 0.3 is 5.97 Å². The molecule has 5 nitrogen and oxygen atoms in total. The summed E-state index contributed by atoms with van der Waals surface area (Å²) in [6, 6.07) is 6.96. The quantitative estimate of drug-likeness (QED) is 0.808. The van der Waals surface area contributed by atoms with Crippen molar-refractivity contribution in [1.82, 2.24) is 4.72 Å². The molecule has 1 rings (SSSR count). The zero-order valence-corrected chi connectivity index (χ0v) is 13.5. The lowest BCUT2D eigenvalue weighted by Gasteiger charge is -2.18. The molecule has 0 saturated carbocycles. The van der Waals surface area contributed by atoms with Gasteiger partial charge in [0.15, 0.2) is 0 Å². The average molecular weight is 313 g/mol. The molecule has 21 heavy (non-hydrogen) atoms. The molecule has 0 fully saturated rings. The molecule has 0 radical (unpaired) electrons. The Morgan fingerprint density at radius 1 is 1.19 bits per heavy atom. The van der Waals surface area contributed by atoms with E-state index in [9.17, 15) is 13.2 Å². The Hall–Kier alpha value is -1.40. The van der Waals surface area contributed by atoms with Crippen molar-refractivity contribution in [2.24, 2.45) is 5.41 Å². The summed E-state index contributed by atoms with van der Waals surface area (Å²) in [5.41, 5.74) is 1.28. The summed E-state index contributed by atoms with van der Waals surface area (Å²) in [7, 11) is -3.36. The molecule has 0 aromatic heterocycles. The van der Waals surface area contributed by atoms with Crippen molar-refractivity contribution in [2.75, 3.05) is 5.75 Å². The fourth-order valence-corrected chi connectivity index (χ4v) is 3.17. The van der Waals surface area contributed by atoms with Gasteiger partial charge in [0, 0.05) is 6.54 Å². The van der Waals surface area contributed by atoms with Gasteiger partial charge in [-0.15, -0.1) is 0 Å². The Morgan fingerprint density at radius 3 is 2.29 bits per heavy atom. The second-order valence-electron chi connectivity index (χ2n) is 6.29. The van der Waals surface area contributed by atoms with Crippen LogP contribution in [0.25, 0.3) is 0 Å². The fraction of sp³-hybridized carbons (Fsp3) is 0.533. The molecule has 6 heteroatoms. The third-order valence-corrected chi connectivity index (χ3v) is 4.39. The van der Waals surface area contributed by atoms with Crippen LogP contribution in [0.1, 0.15) is 38.3 Å². The van der Waals surface area contributed by atoms with Gasteiger partial charge in [-0.3, -0.25) is 4.79 Å². The topological polar surface area (TPSA) is 83.5 Å². The summed E-state index contributed by atoms with van der Waals surface area (Å²) in [5.74, 6) is -0.865. The van der Waals surface area contributed by atoms with Crippen LogP contribution in [0, 0.1) is 5.41 Å². The minimum absolute atomic E-state index is 0.0457. The minimum Gasteiger partial charge on any atom is -0.481 e. The van der Waals surface area contributed by atoms with Crippen molar-refractivity contribution in [3.8, 4) is 0 Å². The zero-order chi connectivity index (χ0) is 16.1. The summed E-state index contributed by atoms with van der Waals surface area (Å²) in [6.07, 6.45) is 0.457. The van der Waals surface area contributed by atoms with Crippen molar-refractivity contribution >= 4 is 16.0 Å². The van der Waals surface area contributed by atoms with E-state index in [1.807, 2.05) is 20.8 Å². The van der Waals surface area contributed by atoms with Gasteiger partial charge in [-0.05, 0) is 23.0 Å². The molecule has 0 amide bonds. The number of hydrogen-bond donors (Lipinski definition) is 2. The molecule has 1 aromatic rings.